The molecular formula is C33H24Si. The summed E-state index contributed by atoms with van der Waals surface area (Å²) in [5, 5.41) is 11.3. The first-order valence-electron chi connectivity index (χ1n) is 12.0. The average Bonchev–Trinajstić information content (AvgIpc) is 3.18. The summed E-state index contributed by atoms with van der Waals surface area (Å²) in [6, 6.07) is 48.0. The minimum Gasteiger partial charge on any atom is -0.0623 e. The van der Waals surface area contributed by atoms with Gasteiger partial charge in [0.15, 0.2) is 8.07 Å². The maximum atomic E-state index is 2.50. The van der Waals surface area contributed by atoms with Crippen molar-refractivity contribution in [3.63, 3.8) is 0 Å². The number of hydrogen-bond donors (Lipinski definition) is 0. The summed E-state index contributed by atoms with van der Waals surface area (Å²) >= 11 is 0. The third-order valence-corrected chi connectivity index (χ3v) is 12.5. The molecular weight excluding hydrogens is 424 g/mol. The topological polar surface area (TPSA) is 0 Å². The van der Waals surface area contributed by atoms with Crippen molar-refractivity contribution >= 4 is 50.4 Å². The minimum atomic E-state index is -2.52. The first kappa shape index (κ1) is 19.5. The molecule has 0 fully saturated rings. The molecule has 0 nitrogen and oxygen atoms in total. The van der Waals surface area contributed by atoms with Gasteiger partial charge in [-0.05, 0) is 66.4 Å². The van der Waals surface area contributed by atoms with Crippen molar-refractivity contribution in [2.45, 2.75) is 6.92 Å². The Balaban J connectivity index is 1.75. The molecule has 0 saturated carbocycles. The highest BCUT2D eigenvalue weighted by Gasteiger charge is 2.49. The van der Waals surface area contributed by atoms with Crippen molar-refractivity contribution in [2.75, 3.05) is 0 Å². The molecule has 160 valence electrons. The normalized spacial score (nSPS) is 13.7. The summed E-state index contributed by atoms with van der Waals surface area (Å²) in [5.41, 5.74) is 4.10. The molecule has 0 amide bonds. The van der Waals surface area contributed by atoms with Gasteiger partial charge in [-0.1, -0.05) is 127 Å². The van der Waals surface area contributed by atoms with Gasteiger partial charge in [-0.2, -0.15) is 0 Å². The summed E-state index contributed by atoms with van der Waals surface area (Å²) in [7, 11) is -2.52. The fraction of sp³-hybridized carbons (Fsp3) is 0.0303. The lowest BCUT2D eigenvalue weighted by atomic mass is 9.98. The zero-order valence-corrected chi connectivity index (χ0v) is 20.1. The van der Waals surface area contributed by atoms with Crippen molar-refractivity contribution in [1.29, 1.82) is 0 Å². The van der Waals surface area contributed by atoms with Crippen LogP contribution in [0.5, 0.6) is 0 Å². The largest absolute Gasteiger partial charge is 0.181 e. The second kappa shape index (κ2) is 7.28. The van der Waals surface area contributed by atoms with Crippen LogP contribution in [-0.2, 0) is 0 Å². The van der Waals surface area contributed by atoms with E-state index in [1.807, 2.05) is 0 Å². The van der Waals surface area contributed by atoms with E-state index in [-0.39, 0.29) is 0 Å². The van der Waals surface area contributed by atoms with Crippen LogP contribution in [0.3, 0.4) is 0 Å². The summed E-state index contributed by atoms with van der Waals surface area (Å²) in [5.74, 6) is 0. The highest BCUT2D eigenvalue weighted by molar-refractivity contribution is 7.23. The van der Waals surface area contributed by atoms with Gasteiger partial charge in [-0.15, -0.1) is 0 Å². The molecule has 1 heteroatoms. The van der Waals surface area contributed by atoms with E-state index < -0.39 is 8.07 Å². The van der Waals surface area contributed by atoms with Gasteiger partial charge in [0.2, 0.25) is 0 Å². The Bertz CT molecular complexity index is 1660. The average molecular weight is 449 g/mol. The number of benzene rings is 6. The zero-order chi connectivity index (χ0) is 22.7. The van der Waals surface area contributed by atoms with E-state index in [2.05, 4.69) is 134 Å². The molecule has 1 aliphatic rings. The van der Waals surface area contributed by atoms with Crippen LogP contribution in [0.1, 0.15) is 5.56 Å². The summed E-state index contributed by atoms with van der Waals surface area (Å²) in [6.45, 7) is 2.19. The van der Waals surface area contributed by atoms with Gasteiger partial charge in [0.1, 0.15) is 0 Å². The van der Waals surface area contributed by atoms with Crippen molar-refractivity contribution in [1.82, 2.24) is 0 Å². The van der Waals surface area contributed by atoms with Gasteiger partial charge in [0, 0.05) is 0 Å². The van der Waals surface area contributed by atoms with Crippen LogP contribution in [0.25, 0.3) is 32.7 Å². The first-order valence-corrected chi connectivity index (χ1v) is 14.0. The molecule has 0 spiro atoms. The Kier molecular flexibility index (Phi) is 4.18. The van der Waals surface area contributed by atoms with Crippen LogP contribution in [0.15, 0.2) is 127 Å². The SMILES string of the molecule is Cc1ccc2c3c(ccc2c1)-c1cc2ccccc2cc1[Si]3(c1ccccc1)c1ccccc1. The Morgan fingerprint density at radius 3 is 1.76 bits per heavy atom. The summed E-state index contributed by atoms with van der Waals surface area (Å²) in [6.07, 6.45) is 0. The monoisotopic (exact) mass is 448 g/mol. The standard InChI is InChI=1S/C33H24Si/c1-23-16-18-29-26(20-23)17-19-30-31-21-24-10-8-9-11-25(24)22-32(31)34(33(29)30,27-12-4-2-5-13-27)28-14-6-3-7-15-28/h2-22H,1H3. The fourth-order valence-electron chi connectivity index (χ4n) is 6.13. The Labute approximate surface area is 201 Å². The van der Waals surface area contributed by atoms with Crippen LogP contribution in [0.2, 0.25) is 0 Å². The molecule has 6 aromatic carbocycles. The minimum absolute atomic E-state index is 1.31. The van der Waals surface area contributed by atoms with Gasteiger partial charge in [0.25, 0.3) is 0 Å². The van der Waals surface area contributed by atoms with Gasteiger partial charge in [0.05, 0.1) is 0 Å². The van der Waals surface area contributed by atoms with Crippen molar-refractivity contribution in [3.05, 3.63) is 133 Å². The molecule has 7 rings (SSSR count). The van der Waals surface area contributed by atoms with E-state index in [1.54, 1.807) is 0 Å². The van der Waals surface area contributed by atoms with Crippen LogP contribution >= 0.6 is 0 Å². The van der Waals surface area contributed by atoms with Gasteiger partial charge < -0.3 is 0 Å². The van der Waals surface area contributed by atoms with Crippen LogP contribution < -0.4 is 20.7 Å². The van der Waals surface area contributed by atoms with Crippen LogP contribution in [0.4, 0.5) is 0 Å². The first-order chi connectivity index (χ1) is 16.8. The molecule has 0 N–H and O–H groups in total. The third-order valence-electron chi connectivity index (χ3n) is 7.54. The molecule has 34 heavy (non-hydrogen) atoms. The highest BCUT2D eigenvalue weighted by atomic mass is 28.3. The number of fused-ring (bicyclic) bond motifs is 6. The van der Waals surface area contributed by atoms with Crippen molar-refractivity contribution in [2.24, 2.45) is 0 Å². The lowest BCUT2D eigenvalue weighted by Crippen LogP contribution is -2.73. The molecule has 0 aromatic heterocycles. The van der Waals surface area contributed by atoms with Crippen molar-refractivity contribution < 1.29 is 0 Å². The maximum Gasteiger partial charge on any atom is 0.181 e. The van der Waals surface area contributed by atoms with Crippen LogP contribution in [-0.4, -0.2) is 8.07 Å². The van der Waals surface area contributed by atoms with E-state index >= 15 is 0 Å². The van der Waals surface area contributed by atoms with Gasteiger partial charge in [-0.3, -0.25) is 0 Å². The second-order valence-corrected chi connectivity index (χ2v) is 13.1. The predicted molar refractivity (Wildman–Crippen MR) is 149 cm³/mol. The van der Waals surface area contributed by atoms with E-state index in [0.29, 0.717) is 0 Å². The van der Waals surface area contributed by atoms with Crippen LogP contribution in [0, 0.1) is 6.92 Å². The molecule has 1 aliphatic heterocycles. The van der Waals surface area contributed by atoms with Crippen molar-refractivity contribution in [3.8, 4) is 11.1 Å². The smallest absolute Gasteiger partial charge is 0.0623 e. The molecule has 0 bridgehead atoms. The van der Waals surface area contributed by atoms with Gasteiger partial charge >= 0.3 is 0 Å². The Morgan fingerprint density at radius 1 is 0.471 bits per heavy atom. The van der Waals surface area contributed by atoms with Gasteiger partial charge in [-0.25, -0.2) is 0 Å². The number of aryl methyl sites for hydroxylation is 1. The quantitative estimate of drug-likeness (QED) is 0.299. The van der Waals surface area contributed by atoms with E-state index in [1.165, 1.54) is 59.0 Å². The molecule has 1 heterocycles. The Hall–Kier alpha value is -3.94. The predicted octanol–water partition coefficient (Wildman–Crippen LogP) is 5.66. The van der Waals surface area contributed by atoms with E-state index in [0.717, 1.165) is 0 Å². The number of hydrogen-bond acceptors (Lipinski definition) is 0. The lowest BCUT2D eigenvalue weighted by Gasteiger charge is -2.32. The second-order valence-electron chi connectivity index (χ2n) is 9.44. The molecule has 0 saturated heterocycles. The number of rotatable bonds is 2. The summed E-state index contributed by atoms with van der Waals surface area (Å²) in [4.78, 5) is 0. The summed E-state index contributed by atoms with van der Waals surface area (Å²) < 4.78 is 0. The highest BCUT2D eigenvalue weighted by Crippen LogP contribution is 2.34. The lowest BCUT2D eigenvalue weighted by molar-refractivity contribution is 1.51. The molecule has 0 radical (unpaired) electrons. The molecule has 6 aromatic rings. The third kappa shape index (κ3) is 2.59. The van der Waals surface area contributed by atoms with E-state index in [9.17, 15) is 0 Å². The zero-order valence-electron chi connectivity index (χ0n) is 19.1. The fourth-order valence-corrected chi connectivity index (χ4v) is 11.6. The molecule has 0 atom stereocenters. The molecule has 0 unspecified atom stereocenters. The maximum absolute atomic E-state index is 2.52. The molecule has 0 aliphatic carbocycles. The van der Waals surface area contributed by atoms with E-state index in [4.69, 9.17) is 0 Å². The Morgan fingerprint density at radius 2 is 1.09 bits per heavy atom.